The Labute approximate surface area is 250 Å². The molecule has 1 aliphatic heterocycles. The molecule has 0 saturated carbocycles. The number of anilines is 3. The number of rotatable bonds is 10. The van der Waals surface area contributed by atoms with E-state index in [9.17, 15) is 21.6 Å². The smallest absolute Gasteiger partial charge is 0.267 e. The molecule has 0 fully saturated rings. The number of nitrogens with one attached hydrogen (secondary N) is 2. The maximum Gasteiger partial charge on any atom is 0.267 e. The van der Waals surface area contributed by atoms with Gasteiger partial charge in [-0.05, 0) is 54.1 Å². The average Bonchev–Trinajstić information content (AvgIpc) is 3.00. The number of nitrogens with zero attached hydrogens (tertiary/aromatic N) is 1. The molecule has 1 aliphatic rings. The number of para-hydroxylation sites is 2. The molecule has 0 spiro atoms. The van der Waals surface area contributed by atoms with Crippen LogP contribution >= 0.6 is 0 Å². The van der Waals surface area contributed by atoms with Gasteiger partial charge >= 0.3 is 0 Å². The lowest BCUT2D eigenvalue weighted by molar-refractivity contribution is -0.122. The normalized spacial score (nSPS) is 14.7. The number of carbonyl (C=O) groups excluding carboxylic acids is 1. The van der Waals surface area contributed by atoms with Crippen LogP contribution in [0, 0.1) is 0 Å². The van der Waals surface area contributed by atoms with E-state index in [4.69, 9.17) is 14.2 Å². The summed E-state index contributed by atoms with van der Waals surface area (Å²) in [6.45, 7) is -0.239. The highest BCUT2D eigenvalue weighted by Crippen LogP contribution is 2.36. The molecule has 43 heavy (non-hydrogen) atoms. The highest BCUT2D eigenvalue weighted by molar-refractivity contribution is 7.92. The van der Waals surface area contributed by atoms with Crippen molar-refractivity contribution in [3.63, 3.8) is 0 Å². The molecule has 4 aromatic rings. The van der Waals surface area contributed by atoms with Crippen molar-refractivity contribution in [1.82, 2.24) is 0 Å². The van der Waals surface area contributed by atoms with Crippen molar-refractivity contribution in [3.05, 3.63) is 103 Å². The number of sulfonamides is 2. The summed E-state index contributed by atoms with van der Waals surface area (Å²) in [4.78, 5) is 13.2. The summed E-state index contributed by atoms with van der Waals surface area (Å²) in [6.07, 6.45) is -1.16. The average molecular weight is 624 g/mol. The lowest BCUT2D eigenvalue weighted by Crippen LogP contribution is -2.49. The van der Waals surface area contributed by atoms with Gasteiger partial charge in [0, 0.05) is 11.8 Å². The van der Waals surface area contributed by atoms with Crippen molar-refractivity contribution in [1.29, 1.82) is 0 Å². The predicted octanol–water partition coefficient (Wildman–Crippen LogP) is 4.24. The quantitative estimate of drug-likeness (QED) is 0.267. The Hall–Kier alpha value is -4.75. The molecule has 0 saturated heterocycles. The number of carbonyl (C=O) groups is 1. The van der Waals surface area contributed by atoms with Crippen LogP contribution in [0.1, 0.15) is 5.56 Å². The van der Waals surface area contributed by atoms with E-state index in [1.807, 2.05) is 0 Å². The predicted molar refractivity (Wildman–Crippen MR) is 163 cm³/mol. The van der Waals surface area contributed by atoms with Gasteiger partial charge in [0.25, 0.3) is 15.9 Å². The molecule has 1 atom stereocenters. The Morgan fingerprint density at radius 3 is 2.28 bits per heavy atom. The molecule has 0 radical (unpaired) electrons. The first kappa shape index (κ1) is 29.7. The summed E-state index contributed by atoms with van der Waals surface area (Å²) in [6, 6.07) is 25.6. The zero-order valence-corrected chi connectivity index (χ0v) is 24.9. The van der Waals surface area contributed by atoms with Gasteiger partial charge in [-0.3, -0.25) is 13.8 Å². The maximum atomic E-state index is 13.4. The second-order valence-corrected chi connectivity index (χ2v) is 13.1. The van der Waals surface area contributed by atoms with Crippen molar-refractivity contribution in [3.8, 4) is 17.2 Å². The molecule has 5 rings (SSSR count). The van der Waals surface area contributed by atoms with Crippen LogP contribution in [-0.4, -0.2) is 49.6 Å². The van der Waals surface area contributed by atoms with Gasteiger partial charge in [0.1, 0.15) is 17.2 Å². The summed E-state index contributed by atoms with van der Waals surface area (Å²) >= 11 is 0. The van der Waals surface area contributed by atoms with E-state index in [0.29, 0.717) is 28.4 Å². The van der Waals surface area contributed by atoms with Crippen molar-refractivity contribution in [2.75, 3.05) is 35.1 Å². The molecule has 13 heteroatoms. The molecule has 0 bridgehead atoms. The molecule has 2 N–H and O–H groups in total. The van der Waals surface area contributed by atoms with Gasteiger partial charge in [0.2, 0.25) is 10.0 Å². The summed E-state index contributed by atoms with van der Waals surface area (Å²) < 4.78 is 73.0. The molecule has 1 unspecified atom stereocenters. The largest absolute Gasteiger partial charge is 0.497 e. The number of fused-ring (bicyclic) bond motifs is 1. The van der Waals surface area contributed by atoms with Crippen LogP contribution in [0.5, 0.6) is 17.2 Å². The fraction of sp³-hybridized carbons (Fsp3) is 0.167. The zero-order chi connectivity index (χ0) is 30.6. The van der Waals surface area contributed by atoms with Crippen LogP contribution in [-0.2, 0) is 30.6 Å². The first-order valence-corrected chi connectivity index (χ1v) is 16.1. The third kappa shape index (κ3) is 6.68. The summed E-state index contributed by atoms with van der Waals surface area (Å²) in [5, 5.41) is 2.69. The topological polar surface area (TPSA) is 140 Å². The number of methoxy groups -OCH3 is 2. The highest BCUT2D eigenvalue weighted by Gasteiger charge is 2.36. The van der Waals surface area contributed by atoms with Gasteiger partial charge < -0.3 is 19.5 Å². The SMILES string of the molecule is COc1ccc(OC)c(NS(=O)(=O)c2ccc(NC(=O)C3CN(S(=O)(=O)Cc4ccccc4)c4ccccc4O3)cc2)c1. The second kappa shape index (κ2) is 12.2. The fourth-order valence-corrected chi connectivity index (χ4v) is 7.15. The van der Waals surface area contributed by atoms with Gasteiger partial charge in [-0.2, -0.15) is 0 Å². The molecule has 0 aromatic heterocycles. The van der Waals surface area contributed by atoms with Crippen LogP contribution in [0.4, 0.5) is 17.1 Å². The number of ether oxygens (including phenoxy) is 3. The van der Waals surface area contributed by atoms with Crippen molar-refractivity contribution >= 4 is 43.0 Å². The van der Waals surface area contributed by atoms with Crippen molar-refractivity contribution in [2.45, 2.75) is 16.8 Å². The Kier molecular flexibility index (Phi) is 8.46. The van der Waals surface area contributed by atoms with Crippen LogP contribution in [0.3, 0.4) is 0 Å². The van der Waals surface area contributed by atoms with E-state index in [1.54, 1.807) is 66.7 Å². The molecule has 11 nitrogen and oxygen atoms in total. The van der Waals surface area contributed by atoms with Gasteiger partial charge in [-0.1, -0.05) is 42.5 Å². The number of hydrogen-bond acceptors (Lipinski definition) is 8. The summed E-state index contributed by atoms with van der Waals surface area (Å²) in [5.74, 6) is 0.162. The second-order valence-electron chi connectivity index (χ2n) is 9.53. The fourth-order valence-electron chi connectivity index (χ4n) is 4.50. The minimum Gasteiger partial charge on any atom is -0.497 e. The van der Waals surface area contributed by atoms with E-state index >= 15 is 0 Å². The van der Waals surface area contributed by atoms with Crippen LogP contribution in [0.25, 0.3) is 0 Å². The highest BCUT2D eigenvalue weighted by atomic mass is 32.2. The standard InChI is InChI=1S/C30H29N3O8S2/c1-39-23-14-17-27(40-2)25(18-23)32-43(37,38)24-15-12-22(13-16-24)31-30(34)29-19-33(26-10-6-7-11-28(26)41-29)42(35,36)20-21-8-4-3-5-9-21/h3-18,29,32H,19-20H2,1-2H3,(H,31,34). The minimum absolute atomic E-state index is 0.0589. The monoisotopic (exact) mass is 623 g/mol. The van der Waals surface area contributed by atoms with Crippen LogP contribution in [0.2, 0.25) is 0 Å². The molecule has 1 heterocycles. The lowest BCUT2D eigenvalue weighted by Gasteiger charge is -2.34. The summed E-state index contributed by atoms with van der Waals surface area (Å²) in [5.41, 5.74) is 1.45. The van der Waals surface area contributed by atoms with Gasteiger partial charge in [0.15, 0.2) is 6.10 Å². The first-order valence-electron chi connectivity index (χ1n) is 13.1. The Balaban J connectivity index is 1.31. The molecular weight excluding hydrogens is 594 g/mol. The summed E-state index contributed by atoms with van der Waals surface area (Å²) in [7, 11) is -5.00. The Morgan fingerprint density at radius 2 is 1.58 bits per heavy atom. The number of hydrogen-bond donors (Lipinski definition) is 2. The van der Waals surface area contributed by atoms with Crippen LogP contribution in [0.15, 0.2) is 102 Å². The van der Waals surface area contributed by atoms with E-state index in [-0.39, 0.29) is 28.6 Å². The van der Waals surface area contributed by atoms with Gasteiger partial charge in [-0.15, -0.1) is 0 Å². The van der Waals surface area contributed by atoms with E-state index in [2.05, 4.69) is 10.0 Å². The molecule has 1 amide bonds. The zero-order valence-electron chi connectivity index (χ0n) is 23.3. The number of benzene rings is 4. The third-order valence-corrected chi connectivity index (χ3v) is 9.73. The van der Waals surface area contributed by atoms with E-state index < -0.39 is 32.1 Å². The molecule has 0 aliphatic carbocycles. The van der Waals surface area contributed by atoms with Crippen molar-refractivity contribution < 1.29 is 35.8 Å². The lowest BCUT2D eigenvalue weighted by atomic mass is 10.2. The molecular formula is C30H29N3O8S2. The van der Waals surface area contributed by atoms with Gasteiger partial charge in [-0.25, -0.2) is 16.8 Å². The molecule has 224 valence electrons. The van der Waals surface area contributed by atoms with Gasteiger partial charge in [0.05, 0.1) is 42.8 Å². The Morgan fingerprint density at radius 1 is 0.884 bits per heavy atom. The minimum atomic E-state index is -4.02. The Bertz CT molecular complexity index is 1830. The van der Waals surface area contributed by atoms with E-state index in [0.717, 1.165) is 0 Å². The van der Waals surface area contributed by atoms with Crippen LogP contribution < -0.4 is 28.6 Å². The number of amides is 1. The molecule has 4 aromatic carbocycles. The van der Waals surface area contributed by atoms with Crippen molar-refractivity contribution in [2.24, 2.45) is 0 Å². The van der Waals surface area contributed by atoms with E-state index in [1.165, 1.54) is 48.9 Å². The third-order valence-electron chi connectivity index (χ3n) is 6.64. The first-order chi connectivity index (χ1) is 20.6. The maximum absolute atomic E-state index is 13.4.